The lowest BCUT2D eigenvalue weighted by atomic mass is 9.93. The maximum Gasteiger partial charge on any atom is 0.234 e. The number of fused-ring (bicyclic) bond motifs is 1. The molecule has 0 spiro atoms. The molecule has 0 fully saturated rings. The lowest BCUT2D eigenvalue weighted by Crippen LogP contribution is -2.49. The SMILES string of the molecule is CC(=O)C(NC(=O)CN1CCc2sccc2C1c1ccccc1)C(C)C. The second-order valence-electron chi connectivity index (χ2n) is 7.23. The molecule has 0 bridgehead atoms. The molecule has 1 aliphatic rings. The van der Waals surface area contributed by atoms with Crippen molar-refractivity contribution in [2.75, 3.05) is 13.1 Å². The van der Waals surface area contributed by atoms with Gasteiger partial charge in [-0.1, -0.05) is 44.2 Å². The third-order valence-electron chi connectivity index (χ3n) is 4.95. The van der Waals surface area contributed by atoms with E-state index in [0.29, 0.717) is 6.54 Å². The van der Waals surface area contributed by atoms with Crippen LogP contribution in [-0.2, 0) is 16.0 Å². The smallest absolute Gasteiger partial charge is 0.234 e. The molecule has 2 unspecified atom stereocenters. The molecule has 0 saturated heterocycles. The first-order chi connectivity index (χ1) is 12.5. The molecule has 1 aliphatic heterocycles. The average molecular weight is 371 g/mol. The maximum atomic E-state index is 12.7. The van der Waals surface area contributed by atoms with Gasteiger partial charge in [-0.2, -0.15) is 0 Å². The Bertz CT molecular complexity index is 769. The molecule has 1 N–H and O–H groups in total. The summed E-state index contributed by atoms with van der Waals surface area (Å²) in [5.74, 6) is 0.0106. The lowest BCUT2D eigenvalue weighted by Gasteiger charge is -2.36. The number of hydrogen-bond donors (Lipinski definition) is 1. The van der Waals surface area contributed by atoms with Crippen LogP contribution in [0.4, 0.5) is 0 Å². The van der Waals surface area contributed by atoms with E-state index in [4.69, 9.17) is 0 Å². The summed E-state index contributed by atoms with van der Waals surface area (Å²) in [6.45, 7) is 6.59. The van der Waals surface area contributed by atoms with Crippen LogP contribution in [-0.4, -0.2) is 35.7 Å². The topological polar surface area (TPSA) is 49.4 Å². The Morgan fingerprint density at radius 1 is 1.23 bits per heavy atom. The van der Waals surface area contributed by atoms with Gasteiger partial charge < -0.3 is 5.32 Å². The van der Waals surface area contributed by atoms with Crippen LogP contribution in [0.3, 0.4) is 0 Å². The molecular formula is C21H26N2O2S. The summed E-state index contributed by atoms with van der Waals surface area (Å²) in [5, 5.41) is 5.06. The van der Waals surface area contributed by atoms with Gasteiger partial charge in [-0.15, -0.1) is 11.3 Å². The Labute approximate surface area is 159 Å². The van der Waals surface area contributed by atoms with Gasteiger partial charge in [0.25, 0.3) is 0 Å². The number of nitrogens with zero attached hydrogens (tertiary/aromatic N) is 1. The second-order valence-corrected chi connectivity index (χ2v) is 8.23. The molecule has 26 heavy (non-hydrogen) atoms. The Morgan fingerprint density at radius 3 is 2.62 bits per heavy atom. The molecule has 1 amide bonds. The number of ketones is 1. The Balaban J connectivity index is 1.80. The minimum atomic E-state index is -0.417. The molecule has 138 valence electrons. The van der Waals surface area contributed by atoms with E-state index in [1.54, 1.807) is 11.3 Å². The van der Waals surface area contributed by atoms with Crippen molar-refractivity contribution in [2.24, 2.45) is 5.92 Å². The minimum absolute atomic E-state index is 0.00623. The van der Waals surface area contributed by atoms with Gasteiger partial charge in [-0.05, 0) is 41.8 Å². The third kappa shape index (κ3) is 4.05. The molecule has 2 atom stereocenters. The van der Waals surface area contributed by atoms with E-state index in [0.717, 1.165) is 13.0 Å². The molecule has 0 saturated carbocycles. The van der Waals surface area contributed by atoms with Gasteiger partial charge >= 0.3 is 0 Å². The van der Waals surface area contributed by atoms with Crippen molar-refractivity contribution in [2.45, 2.75) is 39.3 Å². The Kier molecular flexibility index (Phi) is 5.89. The van der Waals surface area contributed by atoms with Crippen LogP contribution in [0.5, 0.6) is 0 Å². The molecule has 5 heteroatoms. The molecule has 1 aromatic carbocycles. The van der Waals surface area contributed by atoms with Gasteiger partial charge in [0, 0.05) is 11.4 Å². The van der Waals surface area contributed by atoms with E-state index in [2.05, 4.69) is 33.8 Å². The first-order valence-electron chi connectivity index (χ1n) is 9.12. The van der Waals surface area contributed by atoms with Gasteiger partial charge in [-0.3, -0.25) is 14.5 Å². The number of amides is 1. The summed E-state index contributed by atoms with van der Waals surface area (Å²) >= 11 is 1.79. The highest BCUT2D eigenvalue weighted by Crippen LogP contribution is 2.37. The van der Waals surface area contributed by atoms with Gasteiger partial charge in [0.2, 0.25) is 5.91 Å². The quantitative estimate of drug-likeness (QED) is 0.848. The molecule has 0 radical (unpaired) electrons. The highest BCUT2D eigenvalue weighted by atomic mass is 32.1. The van der Waals surface area contributed by atoms with Crippen molar-refractivity contribution < 1.29 is 9.59 Å². The largest absolute Gasteiger partial charge is 0.345 e. The fraction of sp³-hybridized carbons (Fsp3) is 0.429. The normalized spacial score (nSPS) is 18.4. The summed E-state index contributed by atoms with van der Waals surface area (Å²) < 4.78 is 0. The number of nitrogens with one attached hydrogen (secondary N) is 1. The lowest BCUT2D eigenvalue weighted by molar-refractivity contribution is -0.128. The molecule has 2 aromatic rings. The Morgan fingerprint density at radius 2 is 1.96 bits per heavy atom. The first kappa shape index (κ1) is 18.8. The monoisotopic (exact) mass is 370 g/mol. The summed E-state index contributed by atoms with van der Waals surface area (Å²) in [6, 6.07) is 12.2. The number of thiophene rings is 1. The van der Waals surface area contributed by atoms with Gasteiger partial charge in [0.1, 0.15) is 0 Å². The van der Waals surface area contributed by atoms with E-state index < -0.39 is 6.04 Å². The summed E-state index contributed by atoms with van der Waals surface area (Å²) in [5.41, 5.74) is 2.50. The van der Waals surface area contributed by atoms with Crippen molar-refractivity contribution in [1.82, 2.24) is 10.2 Å². The standard InChI is InChI=1S/C21H26N2O2S/c1-14(2)20(15(3)24)22-19(25)13-23-11-9-18-17(10-12-26-18)21(23)16-7-5-4-6-8-16/h4-8,10,12,14,20-21H,9,11,13H2,1-3H3,(H,22,25). The molecule has 0 aliphatic carbocycles. The number of carbonyl (C=O) groups excluding carboxylic acids is 2. The van der Waals surface area contributed by atoms with Gasteiger partial charge in [0.05, 0.1) is 18.6 Å². The molecule has 1 aromatic heterocycles. The molecular weight excluding hydrogens is 344 g/mol. The van der Waals surface area contributed by atoms with Crippen LogP contribution in [0.25, 0.3) is 0 Å². The number of carbonyl (C=O) groups is 2. The van der Waals surface area contributed by atoms with Crippen molar-refractivity contribution in [3.63, 3.8) is 0 Å². The molecule has 3 rings (SSSR count). The summed E-state index contributed by atoms with van der Waals surface area (Å²) in [6.07, 6.45) is 0.962. The zero-order valence-electron chi connectivity index (χ0n) is 15.6. The van der Waals surface area contributed by atoms with E-state index in [1.165, 1.54) is 22.9 Å². The van der Waals surface area contributed by atoms with Crippen molar-refractivity contribution in [3.05, 3.63) is 57.8 Å². The van der Waals surface area contributed by atoms with Gasteiger partial charge in [-0.25, -0.2) is 0 Å². The second kappa shape index (κ2) is 8.14. The van der Waals surface area contributed by atoms with E-state index in [-0.39, 0.29) is 23.7 Å². The van der Waals surface area contributed by atoms with Crippen molar-refractivity contribution >= 4 is 23.0 Å². The summed E-state index contributed by atoms with van der Waals surface area (Å²) in [4.78, 5) is 28.1. The fourth-order valence-corrected chi connectivity index (χ4v) is 4.61. The van der Waals surface area contributed by atoms with Crippen molar-refractivity contribution in [1.29, 1.82) is 0 Å². The highest BCUT2D eigenvalue weighted by molar-refractivity contribution is 7.10. The van der Waals surface area contributed by atoms with Crippen LogP contribution >= 0.6 is 11.3 Å². The van der Waals surface area contributed by atoms with Gasteiger partial charge in [0.15, 0.2) is 5.78 Å². The molecule has 4 nitrogen and oxygen atoms in total. The number of benzene rings is 1. The van der Waals surface area contributed by atoms with Crippen molar-refractivity contribution in [3.8, 4) is 0 Å². The Hall–Kier alpha value is -1.98. The zero-order valence-corrected chi connectivity index (χ0v) is 16.4. The number of hydrogen-bond acceptors (Lipinski definition) is 4. The third-order valence-corrected chi connectivity index (χ3v) is 5.95. The predicted molar refractivity (Wildman–Crippen MR) is 105 cm³/mol. The van der Waals surface area contributed by atoms with Crippen LogP contribution in [0, 0.1) is 5.92 Å². The van der Waals surface area contributed by atoms with Crippen LogP contribution in [0.2, 0.25) is 0 Å². The van der Waals surface area contributed by atoms with E-state index >= 15 is 0 Å². The number of rotatable bonds is 6. The zero-order chi connectivity index (χ0) is 18.7. The van der Waals surface area contributed by atoms with E-state index in [1.807, 2.05) is 32.0 Å². The summed E-state index contributed by atoms with van der Waals surface area (Å²) in [7, 11) is 0. The minimum Gasteiger partial charge on any atom is -0.345 e. The van der Waals surface area contributed by atoms with Crippen LogP contribution in [0.15, 0.2) is 41.8 Å². The predicted octanol–water partition coefficient (Wildman–Crippen LogP) is 3.43. The van der Waals surface area contributed by atoms with Crippen LogP contribution < -0.4 is 5.32 Å². The average Bonchev–Trinajstić information content (AvgIpc) is 3.08. The maximum absolute atomic E-state index is 12.7. The molecule has 2 heterocycles. The first-order valence-corrected chi connectivity index (χ1v) is 10.0. The van der Waals surface area contributed by atoms with E-state index in [9.17, 15) is 9.59 Å². The fourth-order valence-electron chi connectivity index (χ4n) is 3.71. The van der Waals surface area contributed by atoms with Crippen LogP contribution in [0.1, 0.15) is 42.8 Å². The highest BCUT2D eigenvalue weighted by Gasteiger charge is 2.31. The number of Topliss-reactive ketones (excluding diaryl/α,β-unsaturated/α-hetero) is 1.